The van der Waals surface area contributed by atoms with Crippen molar-refractivity contribution in [1.29, 1.82) is 0 Å². The van der Waals surface area contributed by atoms with Crippen molar-refractivity contribution in [3.8, 4) is 5.75 Å². The SMILES string of the molecule is CCOC(=O)C1=C(CN2CCCC(C)C2)NC(=O)NC1c1ccccc1OC. The van der Waals surface area contributed by atoms with Gasteiger partial charge in [0.25, 0.3) is 0 Å². The van der Waals surface area contributed by atoms with Crippen LogP contribution in [0.4, 0.5) is 4.79 Å². The van der Waals surface area contributed by atoms with Crippen LogP contribution in [0.15, 0.2) is 35.5 Å². The quantitative estimate of drug-likeness (QED) is 0.734. The van der Waals surface area contributed by atoms with E-state index in [-0.39, 0.29) is 12.6 Å². The van der Waals surface area contributed by atoms with E-state index in [1.165, 1.54) is 6.42 Å². The maximum atomic E-state index is 12.9. The normalized spacial score (nSPS) is 23.0. The van der Waals surface area contributed by atoms with Crippen LogP contribution in [0.3, 0.4) is 0 Å². The van der Waals surface area contributed by atoms with Crippen LogP contribution in [-0.4, -0.2) is 50.3 Å². The van der Waals surface area contributed by atoms with Gasteiger partial charge in [0, 0.05) is 24.4 Å². The molecule has 2 aliphatic rings. The summed E-state index contributed by atoms with van der Waals surface area (Å²) in [7, 11) is 1.57. The molecule has 2 heterocycles. The van der Waals surface area contributed by atoms with Crippen molar-refractivity contribution in [2.45, 2.75) is 32.7 Å². The van der Waals surface area contributed by atoms with Crippen LogP contribution < -0.4 is 15.4 Å². The molecule has 2 unspecified atom stereocenters. The van der Waals surface area contributed by atoms with Crippen LogP contribution in [0.5, 0.6) is 5.75 Å². The monoisotopic (exact) mass is 387 g/mol. The molecule has 2 atom stereocenters. The molecule has 0 bridgehead atoms. The summed E-state index contributed by atoms with van der Waals surface area (Å²) in [6.45, 7) is 6.68. The second-order valence-electron chi connectivity index (χ2n) is 7.37. The molecule has 0 aromatic heterocycles. The molecule has 0 saturated carbocycles. The predicted octanol–water partition coefficient (Wildman–Crippen LogP) is 2.60. The predicted molar refractivity (Wildman–Crippen MR) is 106 cm³/mol. The van der Waals surface area contributed by atoms with Crippen molar-refractivity contribution in [2.75, 3.05) is 33.4 Å². The fraction of sp³-hybridized carbons (Fsp3) is 0.524. The summed E-state index contributed by atoms with van der Waals surface area (Å²) in [6, 6.07) is 6.44. The zero-order valence-electron chi connectivity index (χ0n) is 16.8. The van der Waals surface area contributed by atoms with E-state index in [9.17, 15) is 9.59 Å². The molecular weight excluding hydrogens is 358 g/mol. The number of carbonyl (C=O) groups is 2. The van der Waals surface area contributed by atoms with Gasteiger partial charge in [0.05, 0.1) is 25.3 Å². The minimum Gasteiger partial charge on any atom is -0.496 e. The number of nitrogens with one attached hydrogen (secondary N) is 2. The highest BCUT2D eigenvalue weighted by Gasteiger charge is 2.36. The lowest BCUT2D eigenvalue weighted by molar-refractivity contribution is -0.139. The van der Waals surface area contributed by atoms with Crippen molar-refractivity contribution in [2.24, 2.45) is 5.92 Å². The number of hydrogen-bond donors (Lipinski definition) is 2. The summed E-state index contributed by atoms with van der Waals surface area (Å²) in [5, 5.41) is 5.72. The van der Waals surface area contributed by atoms with Gasteiger partial charge in [0.15, 0.2) is 0 Å². The first-order chi connectivity index (χ1) is 13.5. The van der Waals surface area contributed by atoms with Crippen LogP contribution in [0.25, 0.3) is 0 Å². The number of carbonyl (C=O) groups excluding carboxylic acids is 2. The van der Waals surface area contributed by atoms with Crippen LogP contribution in [0.2, 0.25) is 0 Å². The highest BCUT2D eigenvalue weighted by atomic mass is 16.5. The number of likely N-dealkylation sites (tertiary alicyclic amines) is 1. The van der Waals surface area contributed by atoms with Gasteiger partial charge in [-0.15, -0.1) is 0 Å². The van der Waals surface area contributed by atoms with E-state index in [4.69, 9.17) is 9.47 Å². The Balaban J connectivity index is 2.01. The first kappa shape index (κ1) is 20.2. The summed E-state index contributed by atoms with van der Waals surface area (Å²) in [5.74, 6) is 0.788. The molecular formula is C21H29N3O4. The third-order valence-corrected chi connectivity index (χ3v) is 5.22. The molecule has 152 valence electrons. The summed E-state index contributed by atoms with van der Waals surface area (Å²) in [4.78, 5) is 27.6. The lowest BCUT2D eigenvalue weighted by Crippen LogP contribution is -2.49. The number of ether oxygens (including phenoxy) is 2. The Morgan fingerprint density at radius 2 is 2.11 bits per heavy atom. The van der Waals surface area contributed by atoms with Gasteiger partial charge in [-0.05, 0) is 38.3 Å². The molecule has 1 saturated heterocycles. The van der Waals surface area contributed by atoms with Gasteiger partial charge < -0.3 is 20.1 Å². The molecule has 0 radical (unpaired) electrons. The van der Waals surface area contributed by atoms with Crippen molar-refractivity contribution in [3.63, 3.8) is 0 Å². The van der Waals surface area contributed by atoms with Crippen molar-refractivity contribution >= 4 is 12.0 Å². The molecule has 1 aromatic carbocycles. The smallest absolute Gasteiger partial charge is 0.338 e. The number of para-hydroxylation sites is 1. The molecule has 2 amide bonds. The summed E-state index contributed by atoms with van der Waals surface area (Å²) in [5.41, 5.74) is 1.77. The fourth-order valence-corrected chi connectivity index (χ4v) is 3.98. The third-order valence-electron chi connectivity index (χ3n) is 5.22. The maximum absolute atomic E-state index is 12.9. The molecule has 3 rings (SSSR count). The van der Waals surface area contributed by atoms with Gasteiger partial charge in [-0.3, -0.25) is 4.90 Å². The van der Waals surface area contributed by atoms with Gasteiger partial charge in [-0.1, -0.05) is 25.1 Å². The molecule has 7 nitrogen and oxygen atoms in total. The van der Waals surface area contributed by atoms with Crippen molar-refractivity contribution in [1.82, 2.24) is 15.5 Å². The van der Waals surface area contributed by atoms with Gasteiger partial charge in [0.2, 0.25) is 0 Å². The molecule has 1 fully saturated rings. The van der Waals surface area contributed by atoms with Crippen LogP contribution in [0.1, 0.15) is 38.3 Å². The largest absolute Gasteiger partial charge is 0.496 e. The van der Waals surface area contributed by atoms with Gasteiger partial charge >= 0.3 is 12.0 Å². The van der Waals surface area contributed by atoms with Crippen LogP contribution in [-0.2, 0) is 9.53 Å². The highest BCUT2D eigenvalue weighted by Crippen LogP contribution is 2.34. The topological polar surface area (TPSA) is 79.9 Å². The zero-order valence-corrected chi connectivity index (χ0v) is 16.8. The van der Waals surface area contributed by atoms with E-state index in [2.05, 4.69) is 22.5 Å². The molecule has 7 heteroatoms. The maximum Gasteiger partial charge on any atom is 0.338 e. The summed E-state index contributed by atoms with van der Waals surface area (Å²) in [6.07, 6.45) is 2.32. The Kier molecular flexibility index (Phi) is 6.57. The Bertz CT molecular complexity index is 762. The first-order valence-corrected chi connectivity index (χ1v) is 9.86. The van der Waals surface area contributed by atoms with Crippen molar-refractivity contribution in [3.05, 3.63) is 41.1 Å². The minimum absolute atomic E-state index is 0.267. The van der Waals surface area contributed by atoms with Gasteiger partial charge in [-0.25, -0.2) is 9.59 Å². The van der Waals surface area contributed by atoms with Gasteiger partial charge in [-0.2, -0.15) is 0 Å². The molecule has 2 N–H and O–H groups in total. The van der Waals surface area contributed by atoms with Gasteiger partial charge in [0.1, 0.15) is 5.75 Å². The lowest BCUT2D eigenvalue weighted by Gasteiger charge is -2.35. The van der Waals surface area contributed by atoms with Crippen molar-refractivity contribution < 1.29 is 19.1 Å². The minimum atomic E-state index is -0.624. The van der Waals surface area contributed by atoms with E-state index in [0.29, 0.717) is 29.5 Å². The van der Waals surface area contributed by atoms with Crippen LogP contribution >= 0.6 is 0 Å². The lowest BCUT2D eigenvalue weighted by atomic mass is 9.93. The van der Waals surface area contributed by atoms with Crippen LogP contribution in [0, 0.1) is 5.92 Å². The number of rotatable bonds is 6. The number of amides is 2. The number of urea groups is 1. The second kappa shape index (κ2) is 9.10. The van der Waals surface area contributed by atoms with E-state index >= 15 is 0 Å². The average molecular weight is 387 g/mol. The summed E-state index contributed by atoms with van der Waals surface area (Å²) >= 11 is 0. The first-order valence-electron chi connectivity index (χ1n) is 9.86. The van der Waals surface area contributed by atoms with E-state index < -0.39 is 12.0 Å². The fourth-order valence-electron chi connectivity index (χ4n) is 3.98. The Morgan fingerprint density at radius 3 is 2.82 bits per heavy atom. The number of methoxy groups -OCH3 is 1. The molecule has 0 aliphatic carbocycles. The van der Waals surface area contributed by atoms with E-state index in [1.807, 2.05) is 24.3 Å². The molecule has 2 aliphatic heterocycles. The Morgan fingerprint density at radius 1 is 1.32 bits per heavy atom. The Hall–Kier alpha value is -2.54. The molecule has 28 heavy (non-hydrogen) atoms. The highest BCUT2D eigenvalue weighted by molar-refractivity contribution is 5.95. The number of nitrogens with zero attached hydrogens (tertiary/aromatic N) is 1. The standard InChI is InChI=1S/C21H29N3O4/c1-4-28-20(25)18-16(13-24-11-7-8-14(2)12-24)22-21(26)23-19(18)15-9-5-6-10-17(15)27-3/h5-6,9-10,14,19H,4,7-8,11-13H2,1-3H3,(H2,22,23,26). The summed E-state index contributed by atoms with van der Waals surface area (Å²) < 4.78 is 10.8. The number of benzene rings is 1. The molecule has 0 spiro atoms. The average Bonchev–Trinajstić information content (AvgIpc) is 2.67. The van der Waals surface area contributed by atoms with E-state index in [0.717, 1.165) is 25.1 Å². The van der Waals surface area contributed by atoms with E-state index in [1.54, 1.807) is 14.0 Å². The number of hydrogen-bond acceptors (Lipinski definition) is 5. The molecule has 1 aromatic rings. The number of esters is 1. The zero-order chi connectivity index (χ0) is 20.1. The third kappa shape index (κ3) is 4.47. The number of piperidine rings is 1. The Labute approximate surface area is 166 Å². The second-order valence-corrected chi connectivity index (χ2v) is 7.37.